The summed E-state index contributed by atoms with van der Waals surface area (Å²) in [6.45, 7) is 3.40. The number of aromatic nitrogens is 5. The average Bonchev–Trinajstić information content (AvgIpc) is 3.35. The molecule has 3 heterocycles. The lowest BCUT2D eigenvalue weighted by Gasteiger charge is -2.32. The second-order valence-electron chi connectivity index (χ2n) is 7.09. The van der Waals surface area contributed by atoms with Gasteiger partial charge in [-0.05, 0) is 31.9 Å². The first-order chi connectivity index (χ1) is 15.2. The van der Waals surface area contributed by atoms with Gasteiger partial charge in [0.15, 0.2) is 5.82 Å². The number of esters is 1. The number of carbonyl (C=O) groups is 2. The first-order valence-electron chi connectivity index (χ1n) is 10.1. The summed E-state index contributed by atoms with van der Waals surface area (Å²) in [6.07, 6.45) is 5.88. The summed E-state index contributed by atoms with van der Waals surface area (Å²) in [7, 11) is 0. The third-order valence-electron chi connectivity index (χ3n) is 5.16. The van der Waals surface area contributed by atoms with Gasteiger partial charge in [-0.3, -0.25) is 4.79 Å². The molecule has 2 aromatic heterocycles. The van der Waals surface area contributed by atoms with E-state index in [-0.39, 0.29) is 18.4 Å². The number of amides is 1. The summed E-state index contributed by atoms with van der Waals surface area (Å²) >= 11 is 0. The Hall–Kier alpha value is -3.82. The molecule has 1 saturated heterocycles. The molecule has 0 bridgehead atoms. The molecule has 0 saturated carbocycles. The molecule has 3 aromatic rings. The molecule has 4 rings (SSSR count). The van der Waals surface area contributed by atoms with E-state index in [1.54, 1.807) is 42.2 Å². The van der Waals surface area contributed by atoms with Crippen LogP contribution in [-0.4, -0.2) is 56.3 Å². The molecule has 10 heteroatoms. The van der Waals surface area contributed by atoms with Crippen molar-refractivity contribution in [2.45, 2.75) is 19.8 Å². The van der Waals surface area contributed by atoms with Crippen LogP contribution in [0.25, 0.3) is 5.82 Å². The summed E-state index contributed by atoms with van der Waals surface area (Å²) < 4.78 is 6.65. The lowest BCUT2D eigenvalue weighted by atomic mass is 9.95. The summed E-state index contributed by atoms with van der Waals surface area (Å²) in [6, 6.07) is 8.74. The zero-order valence-corrected chi connectivity index (χ0v) is 17.1. The van der Waals surface area contributed by atoms with E-state index in [4.69, 9.17) is 4.74 Å². The van der Waals surface area contributed by atoms with E-state index in [9.17, 15) is 9.59 Å². The SMILES string of the molecule is CCOC(=O)c1ccccc1NC(=O)C1CCN(c2cc(-n3cncn3)ncn2)CC1. The lowest BCUT2D eigenvalue weighted by molar-refractivity contribution is -0.120. The molecular formula is C21H23N7O3. The van der Waals surface area contributed by atoms with Crippen LogP contribution in [0.1, 0.15) is 30.1 Å². The van der Waals surface area contributed by atoms with E-state index < -0.39 is 5.97 Å². The smallest absolute Gasteiger partial charge is 0.340 e. The molecule has 10 nitrogen and oxygen atoms in total. The predicted octanol–water partition coefficient (Wildman–Crippen LogP) is 2.09. The highest BCUT2D eigenvalue weighted by Gasteiger charge is 2.27. The summed E-state index contributed by atoms with van der Waals surface area (Å²) in [4.78, 5) is 39.6. The monoisotopic (exact) mass is 421 g/mol. The number of anilines is 2. The van der Waals surface area contributed by atoms with Crippen LogP contribution in [0, 0.1) is 5.92 Å². The molecule has 1 aromatic carbocycles. The fraction of sp³-hybridized carbons (Fsp3) is 0.333. The summed E-state index contributed by atoms with van der Waals surface area (Å²) in [5, 5.41) is 6.99. The third-order valence-corrected chi connectivity index (χ3v) is 5.16. The van der Waals surface area contributed by atoms with Crippen LogP contribution in [-0.2, 0) is 9.53 Å². The van der Waals surface area contributed by atoms with Crippen LogP contribution in [0.2, 0.25) is 0 Å². The predicted molar refractivity (Wildman–Crippen MR) is 113 cm³/mol. The minimum atomic E-state index is -0.444. The van der Waals surface area contributed by atoms with Crippen molar-refractivity contribution in [3.63, 3.8) is 0 Å². The van der Waals surface area contributed by atoms with Gasteiger partial charge in [-0.25, -0.2) is 24.4 Å². The van der Waals surface area contributed by atoms with Crippen LogP contribution >= 0.6 is 0 Å². The van der Waals surface area contributed by atoms with Crippen molar-refractivity contribution >= 4 is 23.4 Å². The van der Waals surface area contributed by atoms with Gasteiger partial charge in [0.25, 0.3) is 0 Å². The van der Waals surface area contributed by atoms with Gasteiger partial charge >= 0.3 is 5.97 Å². The topological polar surface area (TPSA) is 115 Å². The summed E-state index contributed by atoms with van der Waals surface area (Å²) in [5.74, 6) is 0.732. The lowest BCUT2D eigenvalue weighted by Crippen LogP contribution is -2.38. The fourth-order valence-corrected chi connectivity index (χ4v) is 3.55. The van der Waals surface area contributed by atoms with Crippen molar-refractivity contribution in [2.24, 2.45) is 5.92 Å². The molecule has 0 atom stereocenters. The maximum Gasteiger partial charge on any atom is 0.340 e. The number of nitrogens with one attached hydrogen (secondary N) is 1. The van der Waals surface area contributed by atoms with Gasteiger partial charge in [-0.2, -0.15) is 5.10 Å². The Kier molecular flexibility index (Phi) is 6.16. The van der Waals surface area contributed by atoms with Crippen molar-refractivity contribution in [1.29, 1.82) is 0 Å². The molecule has 1 fully saturated rings. The number of ether oxygens (including phenoxy) is 1. The molecule has 1 amide bonds. The number of benzene rings is 1. The molecule has 1 N–H and O–H groups in total. The van der Waals surface area contributed by atoms with Gasteiger partial charge in [0, 0.05) is 25.1 Å². The second kappa shape index (κ2) is 9.33. The highest BCUT2D eigenvalue weighted by Crippen LogP contribution is 2.25. The number of hydrogen-bond donors (Lipinski definition) is 1. The number of nitrogens with zero attached hydrogens (tertiary/aromatic N) is 6. The first-order valence-corrected chi connectivity index (χ1v) is 10.1. The zero-order chi connectivity index (χ0) is 21.6. The molecule has 0 spiro atoms. The van der Waals surface area contributed by atoms with Crippen molar-refractivity contribution in [2.75, 3.05) is 29.9 Å². The normalized spacial score (nSPS) is 14.3. The van der Waals surface area contributed by atoms with E-state index in [1.807, 2.05) is 6.07 Å². The highest BCUT2D eigenvalue weighted by molar-refractivity contribution is 6.01. The Morgan fingerprint density at radius 1 is 1.13 bits per heavy atom. The van der Waals surface area contributed by atoms with E-state index in [0.29, 0.717) is 43.0 Å². The molecule has 160 valence electrons. The maximum absolute atomic E-state index is 12.8. The van der Waals surface area contributed by atoms with Crippen LogP contribution < -0.4 is 10.2 Å². The van der Waals surface area contributed by atoms with Gasteiger partial charge in [0.1, 0.15) is 24.8 Å². The van der Waals surface area contributed by atoms with Crippen LogP contribution in [0.5, 0.6) is 0 Å². The third kappa shape index (κ3) is 4.68. The van der Waals surface area contributed by atoms with Crippen molar-refractivity contribution < 1.29 is 14.3 Å². The van der Waals surface area contributed by atoms with E-state index in [0.717, 1.165) is 5.82 Å². The second-order valence-corrected chi connectivity index (χ2v) is 7.09. The quantitative estimate of drug-likeness (QED) is 0.602. The number of para-hydroxylation sites is 1. The largest absolute Gasteiger partial charge is 0.462 e. The average molecular weight is 421 g/mol. The van der Waals surface area contributed by atoms with Gasteiger partial charge in [-0.15, -0.1) is 0 Å². The first kappa shape index (κ1) is 20.5. The van der Waals surface area contributed by atoms with Crippen molar-refractivity contribution in [3.05, 3.63) is 54.9 Å². The molecule has 0 aliphatic carbocycles. The number of hydrogen-bond acceptors (Lipinski definition) is 8. The minimum absolute atomic E-state index is 0.0950. The van der Waals surface area contributed by atoms with Crippen LogP contribution in [0.3, 0.4) is 0 Å². The van der Waals surface area contributed by atoms with Crippen LogP contribution in [0.15, 0.2) is 49.3 Å². The molecule has 1 aliphatic heterocycles. The van der Waals surface area contributed by atoms with Crippen molar-refractivity contribution in [1.82, 2.24) is 24.7 Å². The Labute approximate surface area is 179 Å². The maximum atomic E-state index is 12.8. The number of carbonyl (C=O) groups excluding carboxylic acids is 2. The van der Waals surface area contributed by atoms with E-state index >= 15 is 0 Å². The van der Waals surface area contributed by atoms with Gasteiger partial charge < -0.3 is 15.0 Å². The Balaban J connectivity index is 1.38. The standard InChI is InChI=1S/C21H23N7O3/c1-2-31-21(30)16-5-3-4-6-17(16)26-20(29)15-7-9-27(10-8-15)18-11-19(24-13-23-18)28-14-22-12-25-28/h3-6,11-15H,2,7-10H2,1H3,(H,26,29). The van der Waals surface area contributed by atoms with Crippen LogP contribution in [0.4, 0.5) is 11.5 Å². The summed E-state index contributed by atoms with van der Waals surface area (Å²) in [5.41, 5.74) is 0.832. The highest BCUT2D eigenvalue weighted by atomic mass is 16.5. The van der Waals surface area contributed by atoms with E-state index in [2.05, 4.69) is 30.3 Å². The van der Waals surface area contributed by atoms with Gasteiger partial charge in [-0.1, -0.05) is 12.1 Å². The Morgan fingerprint density at radius 3 is 2.65 bits per heavy atom. The minimum Gasteiger partial charge on any atom is -0.462 e. The fourth-order valence-electron chi connectivity index (χ4n) is 3.55. The zero-order valence-electron chi connectivity index (χ0n) is 17.1. The van der Waals surface area contributed by atoms with E-state index in [1.165, 1.54) is 12.7 Å². The molecule has 0 unspecified atom stereocenters. The molecule has 0 radical (unpaired) electrons. The molecular weight excluding hydrogens is 398 g/mol. The van der Waals surface area contributed by atoms with Gasteiger partial charge in [0.05, 0.1) is 17.9 Å². The Morgan fingerprint density at radius 2 is 1.90 bits per heavy atom. The number of piperidine rings is 1. The number of rotatable bonds is 6. The van der Waals surface area contributed by atoms with Gasteiger partial charge in [0.2, 0.25) is 5.91 Å². The van der Waals surface area contributed by atoms with Crippen molar-refractivity contribution in [3.8, 4) is 5.82 Å². The Bertz CT molecular complexity index is 1050. The molecule has 1 aliphatic rings. The molecule has 31 heavy (non-hydrogen) atoms.